The van der Waals surface area contributed by atoms with Crippen LogP contribution in [0.5, 0.6) is 5.75 Å². The van der Waals surface area contributed by atoms with Crippen LogP contribution in [0, 0.1) is 5.41 Å². The minimum absolute atomic E-state index is 0.0791. The van der Waals surface area contributed by atoms with Crippen LogP contribution in [-0.2, 0) is 9.53 Å². The molecule has 0 aliphatic carbocycles. The topological polar surface area (TPSA) is 73.6 Å². The third-order valence-corrected chi connectivity index (χ3v) is 4.03. The molecule has 1 aromatic carbocycles. The van der Waals surface area contributed by atoms with E-state index < -0.39 is 5.41 Å². The lowest BCUT2D eigenvalue weighted by Crippen LogP contribution is -2.46. The first-order chi connectivity index (χ1) is 9.61. The Bertz CT molecular complexity index is 487. The van der Waals surface area contributed by atoms with E-state index in [1.165, 1.54) is 0 Å². The quantitative estimate of drug-likeness (QED) is 0.892. The zero-order chi connectivity index (χ0) is 14.6. The number of benzene rings is 1. The number of halogens is 1. The summed E-state index contributed by atoms with van der Waals surface area (Å²) in [5, 5.41) is 3.34. The van der Waals surface area contributed by atoms with E-state index in [0.29, 0.717) is 49.1 Å². The maximum atomic E-state index is 12.5. The molecule has 1 aromatic rings. The number of ether oxygens (including phenoxy) is 2. The molecule has 0 radical (unpaired) electrons. The second kappa shape index (κ2) is 6.43. The van der Waals surface area contributed by atoms with Crippen LogP contribution in [-0.4, -0.2) is 32.8 Å². The molecule has 1 heterocycles. The zero-order valence-electron chi connectivity index (χ0n) is 11.4. The molecule has 0 bridgehead atoms. The maximum Gasteiger partial charge on any atom is 0.232 e. The first kappa shape index (κ1) is 15.1. The van der Waals surface area contributed by atoms with Gasteiger partial charge in [0, 0.05) is 25.4 Å². The Kier molecular flexibility index (Phi) is 4.86. The number of anilines is 1. The highest BCUT2D eigenvalue weighted by atomic mass is 35.5. The van der Waals surface area contributed by atoms with E-state index in [1.54, 1.807) is 25.3 Å². The number of rotatable bonds is 4. The number of hydrogen-bond donors (Lipinski definition) is 2. The summed E-state index contributed by atoms with van der Waals surface area (Å²) in [5.74, 6) is 0.494. The fraction of sp³-hybridized carbons (Fsp3) is 0.500. The molecule has 1 fully saturated rings. The highest BCUT2D eigenvalue weighted by Gasteiger charge is 2.38. The van der Waals surface area contributed by atoms with Crippen molar-refractivity contribution in [2.75, 3.05) is 32.2 Å². The van der Waals surface area contributed by atoms with Crippen LogP contribution in [0.4, 0.5) is 5.69 Å². The van der Waals surface area contributed by atoms with Gasteiger partial charge in [-0.3, -0.25) is 4.79 Å². The Morgan fingerprint density at radius 3 is 2.75 bits per heavy atom. The summed E-state index contributed by atoms with van der Waals surface area (Å²) in [5.41, 5.74) is 5.89. The van der Waals surface area contributed by atoms with Crippen LogP contribution < -0.4 is 15.8 Å². The Morgan fingerprint density at radius 2 is 2.20 bits per heavy atom. The van der Waals surface area contributed by atoms with Gasteiger partial charge in [0.15, 0.2) is 0 Å². The second-order valence-electron chi connectivity index (χ2n) is 4.90. The Hall–Kier alpha value is -1.30. The molecular formula is C14H19ClN2O3. The number of nitrogens with two attached hydrogens (primary N) is 1. The molecule has 3 N–H and O–H groups in total. The largest absolute Gasteiger partial charge is 0.495 e. The molecule has 5 nitrogen and oxygen atoms in total. The van der Waals surface area contributed by atoms with Gasteiger partial charge in [0.25, 0.3) is 0 Å². The molecule has 2 rings (SSSR count). The molecule has 0 atom stereocenters. The minimum Gasteiger partial charge on any atom is -0.495 e. The average molecular weight is 299 g/mol. The second-order valence-corrected chi connectivity index (χ2v) is 5.31. The summed E-state index contributed by atoms with van der Waals surface area (Å²) < 4.78 is 10.4. The van der Waals surface area contributed by atoms with Crippen molar-refractivity contribution in [1.29, 1.82) is 0 Å². The number of carbonyl (C=O) groups is 1. The van der Waals surface area contributed by atoms with E-state index in [4.69, 9.17) is 26.8 Å². The molecule has 0 aromatic heterocycles. The molecule has 0 spiro atoms. The van der Waals surface area contributed by atoms with Crippen molar-refractivity contribution in [2.45, 2.75) is 12.8 Å². The van der Waals surface area contributed by atoms with Gasteiger partial charge in [0.2, 0.25) is 5.91 Å². The molecule has 0 unspecified atom stereocenters. The van der Waals surface area contributed by atoms with Crippen LogP contribution >= 0.6 is 11.6 Å². The van der Waals surface area contributed by atoms with Gasteiger partial charge in [-0.25, -0.2) is 0 Å². The standard InChI is InChI=1S/C14H19ClN2O3/c1-19-12-3-2-10(8-11(12)15)17-13(18)14(9-16)4-6-20-7-5-14/h2-3,8H,4-7,9,16H2,1H3,(H,17,18). The lowest BCUT2D eigenvalue weighted by Gasteiger charge is -2.34. The summed E-state index contributed by atoms with van der Waals surface area (Å²) in [6, 6.07) is 5.14. The highest BCUT2D eigenvalue weighted by Crippen LogP contribution is 2.32. The fourth-order valence-corrected chi connectivity index (χ4v) is 2.55. The fourth-order valence-electron chi connectivity index (χ4n) is 2.29. The van der Waals surface area contributed by atoms with Crippen molar-refractivity contribution in [1.82, 2.24) is 0 Å². The summed E-state index contributed by atoms with van der Waals surface area (Å²) in [7, 11) is 1.55. The Morgan fingerprint density at radius 1 is 1.50 bits per heavy atom. The van der Waals surface area contributed by atoms with Crippen molar-refractivity contribution in [3.8, 4) is 5.75 Å². The maximum absolute atomic E-state index is 12.5. The van der Waals surface area contributed by atoms with Gasteiger partial charge < -0.3 is 20.5 Å². The molecular weight excluding hydrogens is 280 g/mol. The number of hydrogen-bond acceptors (Lipinski definition) is 4. The summed E-state index contributed by atoms with van der Waals surface area (Å²) in [6.45, 7) is 1.44. The van der Waals surface area contributed by atoms with Gasteiger partial charge in [-0.1, -0.05) is 11.6 Å². The van der Waals surface area contributed by atoms with Crippen LogP contribution in [0.2, 0.25) is 5.02 Å². The van der Waals surface area contributed by atoms with Gasteiger partial charge in [-0.05, 0) is 31.0 Å². The number of amides is 1. The van der Waals surface area contributed by atoms with Gasteiger partial charge in [0.1, 0.15) is 5.75 Å². The van der Waals surface area contributed by atoms with E-state index >= 15 is 0 Å². The smallest absolute Gasteiger partial charge is 0.232 e. The van der Waals surface area contributed by atoms with Gasteiger partial charge in [-0.2, -0.15) is 0 Å². The summed E-state index contributed by atoms with van der Waals surface area (Å²) in [4.78, 5) is 12.5. The number of nitrogens with one attached hydrogen (secondary N) is 1. The molecule has 0 saturated carbocycles. The third kappa shape index (κ3) is 3.06. The van der Waals surface area contributed by atoms with Crippen LogP contribution in [0.3, 0.4) is 0 Å². The SMILES string of the molecule is COc1ccc(NC(=O)C2(CN)CCOCC2)cc1Cl. The molecule has 110 valence electrons. The normalized spacial score (nSPS) is 17.6. The van der Waals surface area contributed by atoms with Gasteiger partial charge in [0.05, 0.1) is 17.5 Å². The van der Waals surface area contributed by atoms with Crippen molar-refractivity contribution in [3.63, 3.8) is 0 Å². The number of methoxy groups -OCH3 is 1. The lowest BCUT2D eigenvalue weighted by molar-refractivity contribution is -0.130. The van der Waals surface area contributed by atoms with Crippen LogP contribution in [0.1, 0.15) is 12.8 Å². The molecule has 20 heavy (non-hydrogen) atoms. The van der Waals surface area contributed by atoms with Crippen molar-refractivity contribution in [2.24, 2.45) is 11.1 Å². The minimum atomic E-state index is -0.551. The van der Waals surface area contributed by atoms with E-state index in [1.807, 2.05) is 0 Å². The van der Waals surface area contributed by atoms with Crippen LogP contribution in [0.25, 0.3) is 0 Å². The van der Waals surface area contributed by atoms with Gasteiger partial charge in [-0.15, -0.1) is 0 Å². The average Bonchev–Trinajstić information content (AvgIpc) is 2.48. The predicted molar refractivity (Wildman–Crippen MR) is 78.2 cm³/mol. The monoisotopic (exact) mass is 298 g/mol. The molecule has 6 heteroatoms. The molecule has 1 saturated heterocycles. The van der Waals surface area contributed by atoms with Crippen LogP contribution in [0.15, 0.2) is 18.2 Å². The zero-order valence-corrected chi connectivity index (χ0v) is 12.2. The van der Waals surface area contributed by atoms with Crippen molar-refractivity contribution >= 4 is 23.2 Å². The van der Waals surface area contributed by atoms with E-state index in [2.05, 4.69) is 5.32 Å². The first-order valence-electron chi connectivity index (χ1n) is 6.54. The highest BCUT2D eigenvalue weighted by molar-refractivity contribution is 6.32. The third-order valence-electron chi connectivity index (χ3n) is 3.73. The predicted octanol–water partition coefficient (Wildman–Crippen LogP) is 2.04. The Balaban J connectivity index is 2.12. The summed E-state index contributed by atoms with van der Waals surface area (Å²) >= 11 is 6.05. The first-order valence-corrected chi connectivity index (χ1v) is 6.92. The van der Waals surface area contributed by atoms with E-state index in [0.717, 1.165) is 0 Å². The van der Waals surface area contributed by atoms with Gasteiger partial charge >= 0.3 is 0 Å². The van der Waals surface area contributed by atoms with Crippen molar-refractivity contribution in [3.05, 3.63) is 23.2 Å². The Labute approximate surface area is 123 Å². The molecule has 1 aliphatic rings. The van der Waals surface area contributed by atoms with E-state index in [9.17, 15) is 4.79 Å². The summed E-state index contributed by atoms with van der Waals surface area (Å²) in [6.07, 6.45) is 1.28. The van der Waals surface area contributed by atoms with Crippen molar-refractivity contribution < 1.29 is 14.3 Å². The van der Waals surface area contributed by atoms with E-state index in [-0.39, 0.29) is 5.91 Å². The lowest BCUT2D eigenvalue weighted by atomic mass is 9.79. The molecule has 1 amide bonds. The number of carbonyl (C=O) groups excluding carboxylic acids is 1. The molecule has 1 aliphatic heterocycles.